The van der Waals surface area contributed by atoms with Crippen LogP contribution in [0.15, 0.2) is 52.7 Å². The molecule has 0 radical (unpaired) electrons. The third-order valence-corrected chi connectivity index (χ3v) is 5.40. The molecule has 0 atom stereocenters. The summed E-state index contributed by atoms with van der Waals surface area (Å²) >= 11 is 2.87. The minimum atomic E-state index is -0.300. The van der Waals surface area contributed by atoms with Crippen molar-refractivity contribution in [1.82, 2.24) is 9.71 Å². The molecule has 130 valence electrons. The number of rotatable bonds is 4. The highest BCUT2D eigenvalue weighted by Crippen LogP contribution is 2.34. The molecule has 6 heteroatoms. The van der Waals surface area contributed by atoms with Gasteiger partial charge >= 0.3 is 0 Å². The van der Waals surface area contributed by atoms with Crippen molar-refractivity contribution in [3.05, 3.63) is 53.7 Å². The fourth-order valence-corrected chi connectivity index (χ4v) is 3.73. The van der Waals surface area contributed by atoms with E-state index >= 15 is 0 Å². The van der Waals surface area contributed by atoms with Gasteiger partial charge in [0.2, 0.25) is 0 Å². The molecular weight excluding hydrogens is 353 g/mol. The quantitative estimate of drug-likeness (QED) is 0.585. The van der Waals surface area contributed by atoms with Crippen LogP contribution in [-0.2, 0) is 0 Å². The predicted octanol–water partition coefficient (Wildman–Crippen LogP) is 5.59. The van der Waals surface area contributed by atoms with E-state index in [-0.39, 0.29) is 11.4 Å². The van der Waals surface area contributed by atoms with E-state index in [1.54, 1.807) is 29.5 Å². The maximum absolute atomic E-state index is 14.6. The monoisotopic (exact) mass is 373 g/mol. The summed E-state index contributed by atoms with van der Waals surface area (Å²) in [4.78, 5) is 5.22. The van der Waals surface area contributed by atoms with E-state index in [4.69, 9.17) is 5.73 Å². The Bertz CT molecular complexity index is 884. The van der Waals surface area contributed by atoms with Crippen LogP contribution in [0.5, 0.6) is 0 Å². The lowest BCUT2D eigenvalue weighted by atomic mass is 10.0. The lowest BCUT2D eigenvalue weighted by Gasteiger charge is -2.20. The van der Waals surface area contributed by atoms with Crippen LogP contribution in [0.2, 0.25) is 0 Å². The number of nitrogens with two attached hydrogens (primary N) is 1. The molecule has 3 N–H and O–H groups in total. The number of nitrogens with zero attached hydrogens (tertiary/aromatic N) is 1. The lowest BCUT2D eigenvalue weighted by Crippen LogP contribution is -2.29. The van der Waals surface area contributed by atoms with Gasteiger partial charge in [-0.15, -0.1) is 11.3 Å². The van der Waals surface area contributed by atoms with Gasteiger partial charge in [0.15, 0.2) is 5.13 Å². The first-order valence-electron chi connectivity index (χ1n) is 7.88. The van der Waals surface area contributed by atoms with Crippen LogP contribution in [0.4, 0.5) is 9.52 Å². The minimum Gasteiger partial charge on any atom is -0.375 e. The van der Waals surface area contributed by atoms with Gasteiger partial charge in [0.1, 0.15) is 5.82 Å². The molecule has 0 fully saturated rings. The van der Waals surface area contributed by atoms with E-state index in [1.807, 2.05) is 30.3 Å². The molecule has 0 unspecified atom stereocenters. The van der Waals surface area contributed by atoms with Crippen LogP contribution in [0.3, 0.4) is 0 Å². The van der Waals surface area contributed by atoms with E-state index in [9.17, 15) is 4.39 Å². The number of thiazole rings is 1. The molecule has 0 bridgehead atoms. The molecular formula is C19H20FN3S2. The van der Waals surface area contributed by atoms with E-state index in [1.165, 1.54) is 11.3 Å². The molecule has 0 amide bonds. The van der Waals surface area contributed by atoms with E-state index in [0.29, 0.717) is 16.4 Å². The van der Waals surface area contributed by atoms with Crippen LogP contribution in [0, 0.1) is 5.82 Å². The van der Waals surface area contributed by atoms with Gasteiger partial charge in [-0.05, 0) is 62.0 Å². The maximum atomic E-state index is 14.6. The zero-order valence-corrected chi connectivity index (χ0v) is 16.0. The van der Waals surface area contributed by atoms with Gasteiger partial charge in [-0.1, -0.05) is 24.3 Å². The molecule has 2 aromatic carbocycles. The second kappa shape index (κ2) is 7.15. The first-order chi connectivity index (χ1) is 11.8. The van der Waals surface area contributed by atoms with Crippen molar-refractivity contribution in [2.75, 3.05) is 5.73 Å². The first kappa shape index (κ1) is 17.9. The molecule has 3 nitrogen and oxygen atoms in total. The highest BCUT2D eigenvalue weighted by atomic mass is 32.2. The zero-order valence-electron chi connectivity index (χ0n) is 14.3. The SMILES string of the molecule is CC(C)(C)NSc1ccccc1-c1ccc(-c2csc(N)n2)c(F)c1. The summed E-state index contributed by atoms with van der Waals surface area (Å²) in [5, 5.41) is 2.21. The van der Waals surface area contributed by atoms with Crippen molar-refractivity contribution in [2.24, 2.45) is 0 Å². The van der Waals surface area contributed by atoms with Crippen LogP contribution < -0.4 is 10.5 Å². The fraction of sp³-hybridized carbons (Fsp3) is 0.211. The highest BCUT2D eigenvalue weighted by Gasteiger charge is 2.14. The summed E-state index contributed by atoms with van der Waals surface area (Å²) in [7, 11) is 0. The molecule has 0 aliphatic heterocycles. The van der Waals surface area contributed by atoms with Crippen LogP contribution >= 0.6 is 23.3 Å². The molecule has 3 aromatic rings. The van der Waals surface area contributed by atoms with Gasteiger partial charge in [-0.2, -0.15) is 0 Å². The Morgan fingerprint density at radius 2 is 1.88 bits per heavy atom. The Balaban J connectivity index is 1.94. The number of nitrogens with one attached hydrogen (secondary N) is 1. The molecule has 0 saturated heterocycles. The zero-order chi connectivity index (χ0) is 18.0. The third-order valence-electron chi connectivity index (χ3n) is 3.43. The van der Waals surface area contributed by atoms with E-state index in [0.717, 1.165) is 16.0 Å². The normalized spacial score (nSPS) is 11.7. The molecule has 1 aromatic heterocycles. The van der Waals surface area contributed by atoms with Crippen molar-refractivity contribution < 1.29 is 4.39 Å². The number of anilines is 1. The summed E-state index contributed by atoms with van der Waals surface area (Å²) in [5.74, 6) is -0.300. The molecule has 0 saturated carbocycles. The third kappa shape index (κ3) is 4.39. The van der Waals surface area contributed by atoms with Crippen molar-refractivity contribution in [3.63, 3.8) is 0 Å². The standard InChI is InChI=1S/C19H20FN3S2/c1-19(2,3)23-25-17-7-5-4-6-13(17)12-8-9-14(15(20)10-12)16-11-24-18(21)22-16/h4-11,23H,1-3H3,(H2,21,22). The molecule has 0 aliphatic rings. The topological polar surface area (TPSA) is 50.9 Å². The number of nitrogen functional groups attached to an aromatic ring is 1. The van der Waals surface area contributed by atoms with Gasteiger partial charge in [0.25, 0.3) is 0 Å². The van der Waals surface area contributed by atoms with Gasteiger partial charge in [0, 0.05) is 21.4 Å². The highest BCUT2D eigenvalue weighted by molar-refractivity contribution is 7.97. The van der Waals surface area contributed by atoms with Gasteiger partial charge < -0.3 is 5.73 Å². The van der Waals surface area contributed by atoms with Gasteiger partial charge in [-0.3, -0.25) is 4.72 Å². The number of benzene rings is 2. The van der Waals surface area contributed by atoms with Crippen LogP contribution in [-0.4, -0.2) is 10.5 Å². The number of hydrogen-bond acceptors (Lipinski definition) is 5. The summed E-state index contributed by atoms with van der Waals surface area (Å²) in [6.07, 6.45) is 0. The summed E-state index contributed by atoms with van der Waals surface area (Å²) in [5.41, 5.74) is 8.50. The molecule has 1 heterocycles. The average molecular weight is 374 g/mol. The molecule has 0 aliphatic carbocycles. The Morgan fingerprint density at radius 3 is 2.52 bits per heavy atom. The van der Waals surface area contributed by atoms with Crippen molar-refractivity contribution in [1.29, 1.82) is 0 Å². The van der Waals surface area contributed by atoms with Crippen LogP contribution in [0.1, 0.15) is 20.8 Å². The van der Waals surface area contributed by atoms with Crippen LogP contribution in [0.25, 0.3) is 22.4 Å². The van der Waals surface area contributed by atoms with Crippen molar-refractivity contribution in [2.45, 2.75) is 31.2 Å². The smallest absolute Gasteiger partial charge is 0.180 e. The first-order valence-corrected chi connectivity index (χ1v) is 9.57. The Hall–Kier alpha value is -1.89. The van der Waals surface area contributed by atoms with Gasteiger partial charge in [0.05, 0.1) is 5.69 Å². The molecule has 25 heavy (non-hydrogen) atoms. The number of hydrogen-bond donors (Lipinski definition) is 2. The Kier molecular flexibility index (Phi) is 5.13. The summed E-state index contributed by atoms with van der Waals surface area (Å²) in [6, 6.07) is 13.2. The summed E-state index contributed by atoms with van der Waals surface area (Å²) < 4.78 is 18.0. The lowest BCUT2D eigenvalue weighted by molar-refractivity contribution is 0.535. The van der Waals surface area contributed by atoms with E-state index in [2.05, 4.69) is 30.5 Å². The van der Waals surface area contributed by atoms with E-state index < -0.39 is 0 Å². The average Bonchev–Trinajstić information content (AvgIpc) is 2.98. The number of halogens is 1. The van der Waals surface area contributed by atoms with Gasteiger partial charge in [-0.25, -0.2) is 9.37 Å². The van der Waals surface area contributed by atoms with Crippen molar-refractivity contribution >= 4 is 28.4 Å². The fourth-order valence-electron chi connectivity index (χ4n) is 2.30. The Morgan fingerprint density at radius 1 is 1.12 bits per heavy atom. The summed E-state index contributed by atoms with van der Waals surface area (Å²) in [6.45, 7) is 6.32. The maximum Gasteiger partial charge on any atom is 0.180 e. The largest absolute Gasteiger partial charge is 0.375 e. The second-order valence-corrected chi connectivity index (χ2v) is 8.45. The Labute approximate surface area is 155 Å². The van der Waals surface area contributed by atoms with Crippen molar-refractivity contribution in [3.8, 4) is 22.4 Å². The minimum absolute atomic E-state index is 0.0164. The molecule has 3 rings (SSSR count). The molecule has 0 spiro atoms. The second-order valence-electron chi connectivity index (χ2n) is 6.72. The predicted molar refractivity (Wildman–Crippen MR) is 106 cm³/mol. The number of aromatic nitrogens is 1.